The second-order valence-electron chi connectivity index (χ2n) is 6.81. The number of carbonyl (C=O) groups excluding carboxylic acids is 1. The summed E-state index contributed by atoms with van der Waals surface area (Å²) >= 11 is 0. The van der Waals surface area contributed by atoms with Crippen LogP contribution in [0.2, 0.25) is 0 Å². The molecular weight excluding hydrogens is 326 g/mol. The summed E-state index contributed by atoms with van der Waals surface area (Å²) in [6, 6.07) is 5.20. The van der Waals surface area contributed by atoms with Crippen molar-refractivity contribution < 1.29 is 13.2 Å². The second-order valence-corrected chi connectivity index (χ2v) is 8.75. The van der Waals surface area contributed by atoms with Gasteiger partial charge in [-0.15, -0.1) is 0 Å². The van der Waals surface area contributed by atoms with Crippen LogP contribution in [0.4, 0.5) is 5.69 Å². The minimum atomic E-state index is -3.48. The van der Waals surface area contributed by atoms with Crippen molar-refractivity contribution in [3.8, 4) is 0 Å². The maximum atomic E-state index is 12.9. The van der Waals surface area contributed by atoms with E-state index in [1.54, 1.807) is 27.4 Å². The fraction of sp³-hybridized carbons (Fsp3) is 0.588. The smallest absolute Gasteiger partial charge is 0.243 e. The molecular formula is C17H25N3O3S. The van der Waals surface area contributed by atoms with Crippen molar-refractivity contribution >= 4 is 21.6 Å². The number of amides is 1. The molecule has 1 aromatic rings. The van der Waals surface area contributed by atoms with Crippen LogP contribution in [-0.2, 0) is 21.2 Å². The Hall–Kier alpha value is -1.44. The molecule has 132 valence electrons. The molecule has 1 fully saturated rings. The average molecular weight is 351 g/mol. The molecule has 1 aromatic carbocycles. The highest BCUT2D eigenvalue weighted by Gasteiger charge is 2.32. The van der Waals surface area contributed by atoms with E-state index in [1.807, 2.05) is 6.92 Å². The summed E-state index contributed by atoms with van der Waals surface area (Å²) in [5, 5.41) is 0. The Morgan fingerprint density at radius 1 is 1.25 bits per heavy atom. The molecule has 1 unspecified atom stereocenters. The molecule has 24 heavy (non-hydrogen) atoms. The highest BCUT2D eigenvalue weighted by molar-refractivity contribution is 7.89. The number of nitrogens with two attached hydrogens (primary N) is 1. The zero-order chi connectivity index (χ0) is 17.5. The molecule has 0 spiro atoms. The van der Waals surface area contributed by atoms with Crippen LogP contribution in [0.3, 0.4) is 0 Å². The van der Waals surface area contributed by atoms with Gasteiger partial charge in [0.2, 0.25) is 15.9 Å². The van der Waals surface area contributed by atoms with Gasteiger partial charge in [-0.2, -0.15) is 4.31 Å². The number of rotatable bonds is 3. The van der Waals surface area contributed by atoms with E-state index in [9.17, 15) is 13.2 Å². The summed E-state index contributed by atoms with van der Waals surface area (Å²) in [5.74, 6) is 0.378. The lowest BCUT2D eigenvalue weighted by atomic mass is 9.92. The molecule has 7 heteroatoms. The van der Waals surface area contributed by atoms with Crippen LogP contribution in [0.15, 0.2) is 23.1 Å². The molecule has 0 aromatic heterocycles. The number of piperidine rings is 1. The third-order valence-electron chi connectivity index (χ3n) is 5.21. The molecule has 1 atom stereocenters. The van der Waals surface area contributed by atoms with Crippen LogP contribution in [0, 0.1) is 5.92 Å². The van der Waals surface area contributed by atoms with Gasteiger partial charge in [-0.05, 0) is 55.9 Å². The second kappa shape index (κ2) is 6.46. The quantitative estimate of drug-likeness (QED) is 0.891. The fourth-order valence-electron chi connectivity index (χ4n) is 3.66. The summed E-state index contributed by atoms with van der Waals surface area (Å²) < 4.78 is 27.3. The van der Waals surface area contributed by atoms with Gasteiger partial charge in [0, 0.05) is 38.3 Å². The predicted molar refractivity (Wildman–Crippen MR) is 93.3 cm³/mol. The standard InChI is InChI=1S/C17H25N3O3S/c1-12(18)14-5-8-19(9-6-14)24(22,23)16-3-4-17-15(11-16)7-10-20(17)13(2)21/h3-4,11-12,14H,5-10,18H2,1-2H3. The lowest BCUT2D eigenvalue weighted by Gasteiger charge is -2.33. The van der Waals surface area contributed by atoms with Crippen molar-refractivity contribution in [2.24, 2.45) is 11.7 Å². The SMILES string of the molecule is CC(=O)N1CCc2cc(S(=O)(=O)N3CCC(C(C)N)CC3)ccc21. The van der Waals surface area contributed by atoms with Crippen molar-refractivity contribution in [1.29, 1.82) is 0 Å². The van der Waals surface area contributed by atoms with E-state index < -0.39 is 10.0 Å². The number of carbonyl (C=O) groups is 1. The fourth-order valence-corrected chi connectivity index (χ4v) is 5.18. The van der Waals surface area contributed by atoms with Gasteiger partial charge in [-0.1, -0.05) is 0 Å². The molecule has 0 bridgehead atoms. The molecule has 3 rings (SSSR count). The van der Waals surface area contributed by atoms with Gasteiger partial charge in [0.05, 0.1) is 4.90 Å². The first-order valence-corrected chi connectivity index (χ1v) is 9.91. The van der Waals surface area contributed by atoms with E-state index in [-0.39, 0.29) is 11.9 Å². The molecule has 2 heterocycles. The maximum absolute atomic E-state index is 12.9. The molecule has 2 aliphatic heterocycles. The highest BCUT2D eigenvalue weighted by Crippen LogP contribution is 2.32. The summed E-state index contributed by atoms with van der Waals surface area (Å²) in [6.07, 6.45) is 2.31. The van der Waals surface area contributed by atoms with E-state index >= 15 is 0 Å². The van der Waals surface area contributed by atoms with Gasteiger partial charge in [0.15, 0.2) is 0 Å². The van der Waals surface area contributed by atoms with Gasteiger partial charge in [0.1, 0.15) is 0 Å². The van der Waals surface area contributed by atoms with Crippen molar-refractivity contribution in [2.75, 3.05) is 24.5 Å². The van der Waals surface area contributed by atoms with Crippen molar-refractivity contribution in [3.05, 3.63) is 23.8 Å². The number of nitrogens with zero attached hydrogens (tertiary/aromatic N) is 2. The number of sulfonamides is 1. The third kappa shape index (κ3) is 3.08. The Bertz CT molecular complexity index is 737. The van der Waals surface area contributed by atoms with Crippen molar-refractivity contribution in [1.82, 2.24) is 4.31 Å². The third-order valence-corrected chi connectivity index (χ3v) is 7.10. The summed E-state index contributed by atoms with van der Waals surface area (Å²) in [7, 11) is -3.48. The monoisotopic (exact) mass is 351 g/mol. The average Bonchev–Trinajstić information content (AvgIpc) is 2.98. The molecule has 0 saturated carbocycles. The molecule has 2 N–H and O–H groups in total. The van der Waals surface area contributed by atoms with Crippen LogP contribution < -0.4 is 10.6 Å². The molecule has 0 radical (unpaired) electrons. The number of anilines is 1. The number of hydrogen-bond donors (Lipinski definition) is 1. The van der Waals surface area contributed by atoms with Crippen LogP contribution in [0.5, 0.6) is 0 Å². The number of hydrogen-bond acceptors (Lipinski definition) is 4. The van der Waals surface area contributed by atoms with Crippen LogP contribution in [0.1, 0.15) is 32.3 Å². The maximum Gasteiger partial charge on any atom is 0.243 e. The van der Waals surface area contributed by atoms with E-state index in [1.165, 1.54) is 6.92 Å². The van der Waals surface area contributed by atoms with Gasteiger partial charge in [0.25, 0.3) is 0 Å². The van der Waals surface area contributed by atoms with Crippen molar-refractivity contribution in [2.45, 2.75) is 44.0 Å². The Kier molecular flexibility index (Phi) is 4.68. The molecule has 0 aliphatic carbocycles. The van der Waals surface area contributed by atoms with Gasteiger partial charge in [-0.3, -0.25) is 4.79 Å². The first kappa shape index (κ1) is 17.4. The number of benzene rings is 1. The largest absolute Gasteiger partial charge is 0.328 e. The highest BCUT2D eigenvalue weighted by atomic mass is 32.2. The predicted octanol–water partition coefficient (Wildman–Crippen LogP) is 1.34. The minimum Gasteiger partial charge on any atom is -0.328 e. The lowest BCUT2D eigenvalue weighted by molar-refractivity contribution is -0.116. The van der Waals surface area contributed by atoms with E-state index in [4.69, 9.17) is 5.73 Å². The van der Waals surface area contributed by atoms with E-state index in [0.29, 0.717) is 36.9 Å². The molecule has 1 saturated heterocycles. The summed E-state index contributed by atoms with van der Waals surface area (Å²) in [5.41, 5.74) is 7.69. The normalized spacial score (nSPS) is 20.9. The van der Waals surface area contributed by atoms with E-state index in [0.717, 1.165) is 24.1 Å². The van der Waals surface area contributed by atoms with Crippen LogP contribution in [-0.4, -0.2) is 44.3 Å². The van der Waals surface area contributed by atoms with Gasteiger partial charge < -0.3 is 10.6 Å². The molecule has 1 amide bonds. The topological polar surface area (TPSA) is 83.7 Å². The first-order chi connectivity index (χ1) is 11.3. The zero-order valence-electron chi connectivity index (χ0n) is 14.2. The number of fused-ring (bicyclic) bond motifs is 1. The Morgan fingerprint density at radius 2 is 1.92 bits per heavy atom. The Balaban J connectivity index is 1.81. The van der Waals surface area contributed by atoms with Gasteiger partial charge in [-0.25, -0.2) is 8.42 Å². The van der Waals surface area contributed by atoms with Crippen molar-refractivity contribution in [3.63, 3.8) is 0 Å². The molecule has 6 nitrogen and oxygen atoms in total. The molecule has 2 aliphatic rings. The summed E-state index contributed by atoms with van der Waals surface area (Å²) in [6.45, 7) is 5.17. The van der Waals surface area contributed by atoms with Gasteiger partial charge >= 0.3 is 0 Å². The minimum absolute atomic E-state index is 0.0117. The summed E-state index contributed by atoms with van der Waals surface area (Å²) in [4.78, 5) is 13.6. The lowest BCUT2D eigenvalue weighted by Crippen LogP contribution is -2.42. The Morgan fingerprint density at radius 3 is 2.50 bits per heavy atom. The van der Waals surface area contributed by atoms with Crippen LogP contribution in [0.25, 0.3) is 0 Å². The van der Waals surface area contributed by atoms with E-state index in [2.05, 4.69) is 0 Å². The first-order valence-electron chi connectivity index (χ1n) is 8.47. The zero-order valence-corrected chi connectivity index (χ0v) is 15.1. The van der Waals surface area contributed by atoms with Crippen LogP contribution >= 0.6 is 0 Å². The Labute approximate surface area is 143 Å².